The van der Waals surface area contributed by atoms with Gasteiger partial charge in [0.25, 0.3) is 0 Å². The Bertz CT molecular complexity index is 379. The van der Waals surface area contributed by atoms with Crippen molar-refractivity contribution in [2.75, 3.05) is 18.0 Å². The summed E-state index contributed by atoms with van der Waals surface area (Å²) in [6, 6.07) is 7.64. The summed E-state index contributed by atoms with van der Waals surface area (Å²) in [7, 11) is 1.63. The molecule has 1 heterocycles. The van der Waals surface area contributed by atoms with Gasteiger partial charge in [-0.15, -0.1) is 0 Å². The molecule has 1 atom stereocenters. The van der Waals surface area contributed by atoms with E-state index in [4.69, 9.17) is 9.84 Å². The molecule has 86 valence electrons. The van der Waals surface area contributed by atoms with Gasteiger partial charge in [0.05, 0.1) is 7.11 Å². The van der Waals surface area contributed by atoms with Crippen LogP contribution >= 0.6 is 11.9 Å². The molecule has 0 amide bonds. The predicted molar refractivity (Wildman–Crippen MR) is 64.0 cm³/mol. The molecule has 0 radical (unpaired) electrons. The summed E-state index contributed by atoms with van der Waals surface area (Å²) in [5.74, 6) is 0.0729. The first-order chi connectivity index (χ1) is 7.70. The van der Waals surface area contributed by atoms with Crippen molar-refractivity contribution in [2.24, 2.45) is 0 Å². The van der Waals surface area contributed by atoms with Gasteiger partial charge in [0, 0.05) is 12.2 Å². The molecule has 0 bridgehead atoms. The average Bonchev–Trinajstić information content (AvgIpc) is 2.78. The molecule has 1 aromatic rings. The Morgan fingerprint density at radius 1 is 1.50 bits per heavy atom. The molecule has 4 nitrogen and oxygen atoms in total. The fourth-order valence-corrected chi connectivity index (χ4v) is 2.66. The van der Waals surface area contributed by atoms with Crippen LogP contribution in [-0.4, -0.2) is 30.0 Å². The number of rotatable bonds is 3. The monoisotopic (exact) mass is 239 g/mol. The second kappa shape index (κ2) is 4.65. The molecule has 1 N–H and O–H groups in total. The molecule has 16 heavy (non-hydrogen) atoms. The van der Waals surface area contributed by atoms with Crippen LogP contribution in [-0.2, 0) is 4.79 Å². The number of benzene rings is 1. The van der Waals surface area contributed by atoms with E-state index < -0.39 is 5.97 Å². The molecule has 5 heteroatoms. The number of ether oxygens (including phenoxy) is 1. The average molecular weight is 239 g/mol. The van der Waals surface area contributed by atoms with Crippen LogP contribution in [0.1, 0.15) is 6.42 Å². The minimum Gasteiger partial charge on any atom is -0.497 e. The van der Waals surface area contributed by atoms with Crippen molar-refractivity contribution in [1.82, 2.24) is 0 Å². The van der Waals surface area contributed by atoms with Crippen molar-refractivity contribution >= 4 is 23.6 Å². The molecule has 0 saturated carbocycles. The molecule has 0 aliphatic carbocycles. The lowest BCUT2D eigenvalue weighted by molar-refractivity contribution is -0.136. The highest BCUT2D eigenvalue weighted by atomic mass is 32.2. The third-order valence-corrected chi connectivity index (χ3v) is 3.82. The van der Waals surface area contributed by atoms with E-state index in [0.717, 1.165) is 18.0 Å². The Morgan fingerprint density at radius 2 is 2.19 bits per heavy atom. The zero-order valence-electron chi connectivity index (χ0n) is 8.92. The van der Waals surface area contributed by atoms with Crippen LogP contribution in [0.25, 0.3) is 0 Å². The Morgan fingerprint density at radius 3 is 2.69 bits per heavy atom. The topological polar surface area (TPSA) is 49.8 Å². The summed E-state index contributed by atoms with van der Waals surface area (Å²) in [5, 5.41) is 8.58. The normalized spacial score (nSPS) is 19.8. The van der Waals surface area contributed by atoms with E-state index in [9.17, 15) is 4.79 Å². The van der Waals surface area contributed by atoms with Crippen molar-refractivity contribution in [3.8, 4) is 5.75 Å². The van der Waals surface area contributed by atoms with E-state index in [1.54, 1.807) is 7.11 Å². The van der Waals surface area contributed by atoms with Crippen LogP contribution in [0.5, 0.6) is 5.75 Å². The molecule has 0 spiro atoms. The number of hydrogen-bond donors (Lipinski definition) is 1. The maximum atomic E-state index is 10.8. The fourth-order valence-electron chi connectivity index (χ4n) is 1.60. The molecule has 0 aromatic heterocycles. The minimum absolute atomic E-state index is 0.317. The van der Waals surface area contributed by atoms with Gasteiger partial charge in [-0.3, -0.25) is 4.79 Å². The molecule has 1 fully saturated rings. The SMILES string of the molecule is COc1ccc(N2CCC(C(=O)O)S2)cc1. The van der Waals surface area contributed by atoms with E-state index in [0.29, 0.717) is 6.42 Å². The van der Waals surface area contributed by atoms with Gasteiger partial charge in [0.1, 0.15) is 11.0 Å². The van der Waals surface area contributed by atoms with Gasteiger partial charge in [-0.1, -0.05) is 0 Å². The Hall–Kier alpha value is -1.36. The number of carboxylic acid groups (broad SMARTS) is 1. The number of methoxy groups -OCH3 is 1. The highest BCUT2D eigenvalue weighted by Crippen LogP contribution is 2.34. The van der Waals surface area contributed by atoms with Crippen LogP contribution in [0, 0.1) is 0 Å². The molecule has 1 aliphatic heterocycles. The number of carboxylic acids is 1. The predicted octanol–water partition coefficient (Wildman–Crippen LogP) is 2.01. The molecule has 1 aromatic carbocycles. The van der Waals surface area contributed by atoms with Crippen LogP contribution in [0.3, 0.4) is 0 Å². The number of anilines is 1. The zero-order valence-corrected chi connectivity index (χ0v) is 9.74. The number of hydrogen-bond acceptors (Lipinski definition) is 4. The van der Waals surface area contributed by atoms with Gasteiger partial charge in [0.15, 0.2) is 0 Å². The second-order valence-corrected chi connectivity index (χ2v) is 4.74. The second-order valence-electron chi connectivity index (χ2n) is 3.52. The van der Waals surface area contributed by atoms with Crippen molar-refractivity contribution in [3.05, 3.63) is 24.3 Å². The minimum atomic E-state index is -0.735. The van der Waals surface area contributed by atoms with Gasteiger partial charge in [-0.05, 0) is 42.6 Å². The van der Waals surface area contributed by atoms with Crippen LogP contribution in [0.2, 0.25) is 0 Å². The summed E-state index contributed by atoms with van der Waals surface area (Å²) >= 11 is 1.38. The van der Waals surface area contributed by atoms with Crippen molar-refractivity contribution < 1.29 is 14.6 Å². The number of carbonyl (C=O) groups is 1. The van der Waals surface area contributed by atoms with Gasteiger partial charge < -0.3 is 14.1 Å². The van der Waals surface area contributed by atoms with Gasteiger partial charge >= 0.3 is 5.97 Å². The standard InChI is InChI=1S/C11H13NO3S/c1-15-9-4-2-8(3-5-9)12-7-6-10(16-12)11(13)14/h2-5,10H,6-7H2,1H3,(H,13,14). The first kappa shape index (κ1) is 11.1. The Kier molecular flexibility index (Phi) is 3.24. The van der Waals surface area contributed by atoms with Gasteiger partial charge in [0.2, 0.25) is 0 Å². The summed E-state index contributed by atoms with van der Waals surface area (Å²) in [6.07, 6.45) is 0.687. The zero-order chi connectivity index (χ0) is 11.5. The molecule has 2 rings (SSSR count). The van der Waals surface area contributed by atoms with Crippen molar-refractivity contribution in [3.63, 3.8) is 0 Å². The fraction of sp³-hybridized carbons (Fsp3) is 0.364. The maximum Gasteiger partial charge on any atom is 0.318 e. The van der Waals surface area contributed by atoms with E-state index >= 15 is 0 Å². The molecular weight excluding hydrogens is 226 g/mol. The number of nitrogens with zero attached hydrogens (tertiary/aromatic N) is 1. The largest absolute Gasteiger partial charge is 0.497 e. The highest BCUT2D eigenvalue weighted by molar-refractivity contribution is 8.02. The molecular formula is C11H13NO3S. The molecule has 1 saturated heterocycles. The van der Waals surface area contributed by atoms with Crippen LogP contribution in [0.15, 0.2) is 24.3 Å². The number of aliphatic carboxylic acids is 1. The van der Waals surface area contributed by atoms with E-state index in [-0.39, 0.29) is 5.25 Å². The maximum absolute atomic E-state index is 10.8. The lowest BCUT2D eigenvalue weighted by Gasteiger charge is -2.16. The first-order valence-corrected chi connectivity index (χ1v) is 5.85. The lowest BCUT2D eigenvalue weighted by Crippen LogP contribution is -2.12. The summed E-state index contributed by atoms with van der Waals surface area (Å²) < 4.78 is 7.08. The molecule has 1 unspecified atom stereocenters. The van der Waals surface area contributed by atoms with Gasteiger partial charge in [-0.25, -0.2) is 0 Å². The van der Waals surface area contributed by atoms with Crippen LogP contribution in [0.4, 0.5) is 5.69 Å². The van der Waals surface area contributed by atoms with Crippen molar-refractivity contribution in [1.29, 1.82) is 0 Å². The first-order valence-electron chi connectivity index (χ1n) is 5.02. The third-order valence-electron chi connectivity index (χ3n) is 2.48. The third kappa shape index (κ3) is 2.24. The van der Waals surface area contributed by atoms with E-state index in [2.05, 4.69) is 0 Å². The highest BCUT2D eigenvalue weighted by Gasteiger charge is 2.29. The molecule has 1 aliphatic rings. The lowest BCUT2D eigenvalue weighted by atomic mass is 10.2. The summed E-state index contributed by atoms with van der Waals surface area (Å²) in [6.45, 7) is 0.772. The van der Waals surface area contributed by atoms with Crippen LogP contribution < -0.4 is 9.04 Å². The van der Waals surface area contributed by atoms with Gasteiger partial charge in [-0.2, -0.15) is 0 Å². The summed E-state index contributed by atoms with van der Waals surface area (Å²) in [4.78, 5) is 10.8. The smallest absolute Gasteiger partial charge is 0.318 e. The van der Waals surface area contributed by atoms with E-state index in [1.165, 1.54) is 11.9 Å². The quantitative estimate of drug-likeness (QED) is 0.818. The Labute approximate surface area is 98.3 Å². The van der Waals surface area contributed by atoms with Crippen molar-refractivity contribution in [2.45, 2.75) is 11.7 Å². The van der Waals surface area contributed by atoms with E-state index in [1.807, 2.05) is 28.6 Å². The summed E-state index contributed by atoms with van der Waals surface area (Å²) in [5.41, 5.74) is 1.02. The Balaban J connectivity index is 2.05.